The average Bonchev–Trinajstić information content (AvgIpc) is 3.23. The molecule has 0 heterocycles. The van der Waals surface area contributed by atoms with Gasteiger partial charge in [0.2, 0.25) is 0 Å². The first kappa shape index (κ1) is 29.4. The van der Waals surface area contributed by atoms with Crippen molar-refractivity contribution in [1.82, 2.24) is 0 Å². The van der Waals surface area contributed by atoms with Crippen LogP contribution < -0.4 is 24.8 Å². The van der Waals surface area contributed by atoms with Crippen molar-refractivity contribution in [3.63, 3.8) is 0 Å². The fraction of sp³-hybridized carbons (Fsp3) is 0.692. The van der Waals surface area contributed by atoms with Crippen LogP contribution in [0.5, 0.6) is 0 Å². The quantitative estimate of drug-likeness (QED) is 0.301. The Morgan fingerprint density at radius 1 is 0.655 bits per heavy atom. The topological polar surface area (TPSA) is 0 Å². The van der Waals surface area contributed by atoms with Gasteiger partial charge in [0.15, 0.2) is 0 Å². The van der Waals surface area contributed by atoms with Crippen molar-refractivity contribution >= 4 is 0 Å². The maximum atomic E-state index is 2.77. The number of allylic oxidation sites excluding steroid dienone is 8. The van der Waals surface area contributed by atoms with Crippen LogP contribution in [0.2, 0.25) is 6.34 Å². The first-order valence-corrected chi connectivity index (χ1v) is 15.3. The van der Waals surface area contributed by atoms with Crippen molar-refractivity contribution < 1.29 is 47.7 Å². The molecule has 0 fully saturated rings. The molecule has 0 aromatic heterocycles. The summed E-state index contributed by atoms with van der Waals surface area (Å²) < 4.78 is 0.942. The van der Waals surface area contributed by atoms with Gasteiger partial charge >= 0.3 is 182 Å². The van der Waals surface area contributed by atoms with Crippen molar-refractivity contribution in [2.45, 2.75) is 112 Å². The summed E-state index contributed by atoms with van der Waals surface area (Å²) in [5.41, 5.74) is 6.87. The summed E-state index contributed by atoms with van der Waals surface area (Å²) in [5.74, 6) is 0. The van der Waals surface area contributed by atoms with Gasteiger partial charge in [-0.15, -0.1) is 0 Å². The molecular weight excluding hydrogens is 562 g/mol. The molecule has 0 nitrogen and oxygen atoms in total. The van der Waals surface area contributed by atoms with Gasteiger partial charge in [-0.2, -0.15) is 0 Å². The summed E-state index contributed by atoms with van der Waals surface area (Å²) in [4.78, 5) is 0. The Morgan fingerprint density at radius 3 is 1.31 bits per heavy atom. The van der Waals surface area contributed by atoms with Crippen LogP contribution in [0.1, 0.15) is 106 Å². The van der Waals surface area contributed by atoms with E-state index in [1.54, 1.807) is 22.3 Å². The molecule has 0 N–H and O–H groups in total. The summed E-state index contributed by atoms with van der Waals surface area (Å²) >= 11 is -1.02. The minimum Gasteiger partial charge on any atom is -1.00 e. The van der Waals surface area contributed by atoms with Crippen LogP contribution in [0.3, 0.4) is 0 Å². The van der Waals surface area contributed by atoms with Gasteiger partial charge in [-0.05, 0) is 0 Å². The van der Waals surface area contributed by atoms with E-state index in [-0.39, 0.29) is 24.8 Å². The van der Waals surface area contributed by atoms with Crippen LogP contribution in [0, 0.1) is 0 Å². The normalized spacial score (nSPS) is 25.3. The zero-order valence-corrected chi connectivity index (χ0v) is 24.7. The van der Waals surface area contributed by atoms with E-state index in [9.17, 15) is 0 Å². The number of halogens is 2. The third-order valence-corrected chi connectivity index (χ3v) is 15.8. The van der Waals surface area contributed by atoms with Gasteiger partial charge in [-0.3, -0.25) is 0 Å². The SMILES string of the molecule is CCCCC1=C[C](CC)([Hf+2][C]2(CC)C=C(CCCC)C=C2CC)C(CC)=C1.[Cl-].[Cl-]. The Morgan fingerprint density at radius 2 is 1.03 bits per heavy atom. The molecular formula is C26H42Cl2Hf. The van der Waals surface area contributed by atoms with Gasteiger partial charge in [0.1, 0.15) is 0 Å². The predicted molar refractivity (Wildman–Crippen MR) is 118 cm³/mol. The Balaban J connectivity index is 0.00000392. The molecule has 0 aromatic carbocycles. The van der Waals surface area contributed by atoms with E-state index in [0.717, 1.165) is 0 Å². The van der Waals surface area contributed by atoms with E-state index in [1.165, 1.54) is 64.2 Å². The van der Waals surface area contributed by atoms with Crippen molar-refractivity contribution in [3.05, 3.63) is 46.6 Å². The summed E-state index contributed by atoms with van der Waals surface area (Å²) in [5, 5.41) is 0. The average molecular weight is 604 g/mol. The van der Waals surface area contributed by atoms with Gasteiger partial charge in [-0.25, -0.2) is 0 Å². The van der Waals surface area contributed by atoms with E-state index in [4.69, 9.17) is 0 Å². The van der Waals surface area contributed by atoms with Crippen LogP contribution >= 0.6 is 0 Å². The van der Waals surface area contributed by atoms with Crippen molar-refractivity contribution in [2.75, 3.05) is 0 Å². The van der Waals surface area contributed by atoms with Crippen molar-refractivity contribution in [1.29, 1.82) is 0 Å². The Hall–Kier alpha value is 0.410. The molecule has 164 valence electrons. The molecule has 2 aliphatic rings. The fourth-order valence-electron chi connectivity index (χ4n) is 4.96. The molecule has 0 amide bonds. The van der Waals surface area contributed by atoms with Crippen LogP contribution in [0.4, 0.5) is 0 Å². The summed E-state index contributed by atoms with van der Waals surface area (Å²) in [6.07, 6.45) is 23.8. The summed E-state index contributed by atoms with van der Waals surface area (Å²) in [7, 11) is 0. The molecule has 2 aliphatic carbocycles. The second-order valence-electron chi connectivity index (χ2n) is 8.47. The van der Waals surface area contributed by atoms with Crippen LogP contribution in [0.25, 0.3) is 0 Å². The first-order chi connectivity index (χ1) is 13.0. The van der Waals surface area contributed by atoms with Crippen molar-refractivity contribution in [2.24, 2.45) is 0 Å². The molecule has 0 radical (unpaired) electrons. The molecule has 0 saturated heterocycles. The molecule has 0 aromatic rings. The fourth-order valence-corrected chi connectivity index (χ4v) is 13.9. The van der Waals surface area contributed by atoms with E-state index in [1.807, 2.05) is 0 Å². The van der Waals surface area contributed by atoms with Crippen molar-refractivity contribution in [3.8, 4) is 0 Å². The number of hydrogen-bond donors (Lipinski definition) is 0. The first-order valence-electron chi connectivity index (χ1n) is 11.7. The van der Waals surface area contributed by atoms with Crippen LogP contribution in [0.15, 0.2) is 46.6 Å². The van der Waals surface area contributed by atoms with E-state index in [0.29, 0.717) is 6.34 Å². The van der Waals surface area contributed by atoms with E-state index < -0.39 is 22.9 Å². The van der Waals surface area contributed by atoms with Gasteiger partial charge in [-0.1, -0.05) is 0 Å². The van der Waals surface area contributed by atoms with Gasteiger partial charge < -0.3 is 24.8 Å². The molecule has 0 aliphatic heterocycles. The largest absolute Gasteiger partial charge is 1.00 e. The second-order valence-corrected chi connectivity index (χ2v) is 15.8. The molecule has 2 rings (SSSR count). The van der Waals surface area contributed by atoms with Gasteiger partial charge in [0, 0.05) is 0 Å². The number of unbranched alkanes of at least 4 members (excludes halogenated alkanes) is 2. The third-order valence-electron chi connectivity index (χ3n) is 6.69. The molecule has 29 heavy (non-hydrogen) atoms. The standard InChI is InChI=1S/2C13H21.2ClH.Hf/c2*1-4-7-8-11-9-12(5-2)13(6-3)10-11;;;/h2*9-10H,4-8H2,1-3H3;2*1H;/q;;;;+2/p-2. The monoisotopic (exact) mass is 604 g/mol. The minimum absolute atomic E-state index is 0. The van der Waals surface area contributed by atoms with Crippen LogP contribution in [-0.4, -0.2) is 0 Å². The number of rotatable bonds is 12. The molecule has 0 bridgehead atoms. The molecule has 0 spiro atoms. The summed E-state index contributed by atoms with van der Waals surface area (Å²) in [6, 6.07) is 0. The minimum atomic E-state index is -1.02. The second kappa shape index (κ2) is 13.7. The maximum Gasteiger partial charge on any atom is -1.00 e. The summed E-state index contributed by atoms with van der Waals surface area (Å²) in [6.45, 7) is 14.3. The Labute approximate surface area is 205 Å². The smallest absolute Gasteiger partial charge is 1.00 e. The maximum absolute atomic E-state index is 2.77. The molecule has 2 atom stereocenters. The zero-order valence-electron chi connectivity index (χ0n) is 19.6. The van der Waals surface area contributed by atoms with E-state index >= 15 is 0 Å². The van der Waals surface area contributed by atoms with Crippen LogP contribution in [-0.2, 0) is 22.9 Å². The Bertz CT molecular complexity index is 575. The predicted octanol–water partition coefficient (Wildman–Crippen LogP) is 3.15. The van der Waals surface area contributed by atoms with Gasteiger partial charge in [0.25, 0.3) is 0 Å². The number of hydrogen-bond acceptors (Lipinski definition) is 0. The third kappa shape index (κ3) is 6.69. The zero-order chi connectivity index (χ0) is 19.9. The van der Waals surface area contributed by atoms with Gasteiger partial charge in [0.05, 0.1) is 0 Å². The Kier molecular flexibility index (Phi) is 13.9. The molecule has 2 unspecified atom stereocenters. The molecule has 3 heteroatoms. The van der Waals surface area contributed by atoms with E-state index in [2.05, 4.69) is 65.8 Å². The molecule has 0 saturated carbocycles.